The number of rotatable bonds is 5. The van der Waals surface area contributed by atoms with E-state index in [0.29, 0.717) is 15.8 Å². The first-order valence-electron chi connectivity index (χ1n) is 5.39. The van der Waals surface area contributed by atoms with Crippen molar-refractivity contribution in [1.82, 2.24) is 0 Å². The molecular weight excluding hydrogens is 320 g/mol. The molecule has 2 rings (SSSR count). The minimum Gasteiger partial charge on any atom is -0.479 e. The number of nitrogens with one attached hydrogen (secondary N) is 1. The highest BCUT2D eigenvalue weighted by atomic mass is 35.5. The van der Waals surface area contributed by atoms with E-state index in [-0.39, 0.29) is 10.8 Å². The molecule has 0 aliphatic heterocycles. The summed E-state index contributed by atoms with van der Waals surface area (Å²) >= 11 is 6.70. The zero-order chi connectivity index (χ0) is 14.6. The lowest BCUT2D eigenvalue weighted by Crippen LogP contribution is -2.11. The van der Waals surface area contributed by atoms with Gasteiger partial charge in [0.15, 0.2) is 6.61 Å². The molecule has 2 aromatic rings. The topological polar surface area (TPSA) is 79.2 Å². The van der Waals surface area contributed by atoms with Crippen LogP contribution in [-0.2, 0) is 10.0 Å². The normalized spacial score (nSPS) is 10.8. The Hall–Kier alpha value is -1.75. The van der Waals surface area contributed by atoms with Crippen LogP contribution in [0.25, 0.3) is 0 Å². The molecule has 5 nitrogen and oxygen atoms in total. The van der Waals surface area contributed by atoms with Crippen molar-refractivity contribution in [2.24, 2.45) is 0 Å². The van der Waals surface area contributed by atoms with Crippen LogP contribution in [0, 0.1) is 11.3 Å². The van der Waals surface area contributed by atoms with E-state index in [0.717, 1.165) is 11.3 Å². The molecule has 1 heterocycles. The summed E-state index contributed by atoms with van der Waals surface area (Å²) in [6.45, 7) is -0.0568. The molecule has 0 atom stereocenters. The van der Waals surface area contributed by atoms with Gasteiger partial charge in [-0.05, 0) is 36.4 Å². The van der Waals surface area contributed by atoms with E-state index in [1.807, 2.05) is 6.07 Å². The molecule has 8 heteroatoms. The summed E-state index contributed by atoms with van der Waals surface area (Å²) in [6.07, 6.45) is 0. The molecule has 1 N–H and O–H groups in total. The van der Waals surface area contributed by atoms with Crippen LogP contribution in [0.15, 0.2) is 40.6 Å². The van der Waals surface area contributed by atoms with Crippen molar-refractivity contribution in [2.75, 3.05) is 11.3 Å². The first kappa shape index (κ1) is 14.7. The molecule has 0 bridgehead atoms. The van der Waals surface area contributed by atoms with Gasteiger partial charge in [0.25, 0.3) is 10.0 Å². The van der Waals surface area contributed by atoms with E-state index < -0.39 is 10.0 Å². The maximum atomic E-state index is 12.0. The number of ether oxygens (including phenoxy) is 1. The Morgan fingerprint density at radius 3 is 2.50 bits per heavy atom. The molecule has 0 saturated carbocycles. The van der Waals surface area contributed by atoms with Gasteiger partial charge >= 0.3 is 0 Å². The second kappa shape index (κ2) is 6.13. The van der Waals surface area contributed by atoms with Crippen molar-refractivity contribution in [3.63, 3.8) is 0 Å². The fourth-order valence-corrected chi connectivity index (χ4v) is 3.92. The van der Waals surface area contributed by atoms with Crippen molar-refractivity contribution < 1.29 is 13.2 Å². The predicted octanol–water partition coefficient (Wildman–Crippen LogP) is 3.10. The molecule has 0 spiro atoms. The van der Waals surface area contributed by atoms with Crippen LogP contribution in [0.5, 0.6) is 5.75 Å². The molecule has 0 amide bonds. The lowest BCUT2D eigenvalue weighted by atomic mass is 10.3. The van der Waals surface area contributed by atoms with Crippen LogP contribution < -0.4 is 9.46 Å². The highest BCUT2D eigenvalue weighted by Crippen LogP contribution is 2.27. The Balaban J connectivity index is 2.12. The Morgan fingerprint density at radius 1 is 1.25 bits per heavy atom. The van der Waals surface area contributed by atoms with E-state index in [4.69, 9.17) is 21.6 Å². The Kier molecular flexibility index (Phi) is 4.49. The highest BCUT2D eigenvalue weighted by molar-refractivity contribution is 7.94. The van der Waals surface area contributed by atoms with E-state index in [1.165, 1.54) is 12.1 Å². The van der Waals surface area contributed by atoms with Crippen molar-refractivity contribution in [3.05, 3.63) is 40.7 Å². The Bertz CT molecular complexity index is 733. The molecule has 1 aromatic heterocycles. The maximum Gasteiger partial charge on any atom is 0.271 e. The number of hydrogen-bond acceptors (Lipinski definition) is 5. The van der Waals surface area contributed by atoms with Gasteiger partial charge in [-0.2, -0.15) is 5.26 Å². The van der Waals surface area contributed by atoms with E-state index in [2.05, 4.69) is 4.72 Å². The number of halogens is 1. The fraction of sp³-hybridized carbons (Fsp3) is 0.0833. The first-order chi connectivity index (χ1) is 9.51. The van der Waals surface area contributed by atoms with Gasteiger partial charge in [-0.1, -0.05) is 11.6 Å². The fourth-order valence-electron chi connectivity index (χ4n) is 1.38. The van der Waals surface area contributed by atoms with Gasteiger partial charge in [-0.3, -0.25) is 4.72 Å². The van der Waals surface area contributed by atoms with Crippen LogP contribution in [0.4, 0.5) is 5.69 Å². The first-order valence-corrected chi connectivity index (χ1v) is 8.07. The van der Waals surface area contributed by atoms with E-state index in [1.54, 1.807) is 24.3 Å². The third-order valence-corrected chi connectivity index (χ3v) is 5.33. The molecular formula is C12H9ClN2O3S2. The standard InChI is InChI=1S/C12H9ClN2O3S2/c13-11-5-6-12(19-11)20(16,17)15-9-1-3-10(4-2-9)18-8-7-14/h1-6,15H,8H2. The Labute approximate surface area is 125 Å². The van der Waals surface area contributed by atoms with Gasteiger partial charge in [0.1, 0.15) is 16.0 Å². The van der Waals surface area contributed by atoms with Gasteiger partial charge in [-0.25, -0.2) is 8.42 Å². The molecule has 104 valence electrons. The summed E-state index contributed by atoms with van der Waals surface area (Å²) in [5.74, 6) is 0.494. The number of nitrogens with zero attached hydrogens (tertiary/aromatic N) is 1. The van der Waals surface area contributed by atoms with E-state index >= 15 is 0 Å². The van der Waals surface area contributed by atoms with Gasteiger partial charge in [0.2, 0.25) is 0 Å². The lowest BCUT2D eigenvalue weighted by molar-refractivity contribution is 0.368. The van der Waals surface area contributed by atoms with Crippen molar-refractivity contribution >= 4 is 38.6 Å². The predicted molar refractivity (Wildman–Crippen MR) is 77.7 cm³/mol. The van der Waals surface area contributed by atoms with Crippen molar-refractivity contribution in [2.45, 2.75) is 4.21 Å². The summed E-state index contributed by atoms with van der Waals surface area (Å²) in [4.78, 5) is 0. The van der Waals surface area contributed by atoms with Crippen LogP contribution in [-0.4, -0.2) is 15.0 Å². The molecule has 1 aromatic carbocycles. The number of sulfonamides is 1. The summed E-state index contributed by atoms with van der Waals surface area (Å²) in [5, 5.41) is 8.39. The Morgan fingerprint density at radius 2 is 1.95 bits per heavy atom. The number of anilines is 1. The van der Waals surface area contributed by atoms with Gasteiger partial charge in [0, 0.05) is 5.69 Å². The number of benzene rings is 1. The van der Waals surface area contributed by atoms with Crippen LogP contribution in [0.2, 0.25) is 4.34 Å². The molecule has 0 fully saturated rings. The third kappa shape index (κ3) is 3.63. The number of nitriles is 1. The molecule has 20 heavy (non-hydrogen) atoms. The number of thiophene rings is 1. The monoisotopic (exact) mass is 328 g/mol. The summed E-state index contributed by atoms with van der Waals surface area (Å²) < 4.78 is 32.1. The average molecular weight is 329 g/mol. The minimum atomic E-state index is -3.63. The molecule has 0 aliphatic carbocycles. The van der Waals surface area contributed by atoms with Crippen LogP contribution in [0.1, 0.15) is 0 Å². The van der Waals surface area contributed by atoms with Crippen LogP contribution >= 0.6 is 22.9 Å². The quantitative estimate of drug-likeness (QED) is 0.914. The second-order valence-corrected chi connectivity index (χ2v) is 7.26. The average Bonchev–Trinajstić information content (AvgIpc) is 2.85. The molecule has 0 unspecified atom stereocenters. The number of hydrogen-bond donors (Lipinski definition) is 1. The van der Waals surface area contributed by atoms with Gasteiger partial charge < -0.3 is 4.74 Å². The summed E-state index contributed by atoms with van der Waals surface area (Å²) in [6, 6.07) is 11.1. The molecule has 0 aliphatic rings. The van der Waals surface area contributed by atoms with E-state index in [9.17, 15) is 8.42 Å². The SMILES string of the molecule is N#CCOc1ccc(NS(=O)(=O)c2ccc(Cl)s2)cc1. The zero-order valence-corrected chi connectivity index (χ0v) is 12.4. The summed E-state index contributed by atoms with van der Waals surface area (Å²) in [5.41, 5.74) is 0.402. The third-order valence-electron chi connectivity index (χ3n) is 2.22. The lowest BCUT2D eigenvalue weighted by Gasteiger charge is -2.07. The van der Waals surface area contributed by atoms with Gasteiger partial charge in [0.05, 0.1) is 4.34 Å². The van der Waals surface area contributed by atoms with Crippen LogP contribution in [0.3, 0.4) is 0 Å². The van der Waals surface area contributed by atoms with Crippen molar-refractivity contribution in [1.29, 1.82) is 5.26 Å². The summed E-state index contributed by atoms with van der Waals surface area (Å²) in [7, 11) is -3.63. The minimum absolute atomic E-state index is 0.0568. The largest absolute Gasteiger partial charge is 0.479 e. The zero-order valence-electron chi connectivity index (χ0n) is 10.0. The second-order valence-electron chi connectivity index (χ2n) is 3.64. The molecule has 0 radical (unpaired) electrons. The maximum absolute atomic E-state index is 12.0. The van der Waals surface area contributed by atoms with Gasteiger partial charge in [-0.15, -0.1) is 11.3 Å². The molecule has 0 saturated heterocycles. The highest BCUT2D eigenvalue weighted by Gasteiger charge is 2.16. The smallest absolute Gasteiger partial charge is 0.271 e. The van der Waals surface area contributed by atoms with Crippen molar-refractivity contribution in [3.8, 4) is 11.8 Å².